The van der Waals surface area contributed by atoms with Crippen LogP contribution in [0.25, 0.3) is 0 Å². The Kier molecular flexibility index (Phi) is 4.10. The van der Waals surface area contributed by atoms with Crippen LogP contribution in [0.3, 0.4) is 0 Å². The highest BCUT2D eigenvalue weighted by atomic mass is 31.2. The van der Waals surface area contributed by atoms with E-state index in [4.69, 9.17) is 25.3 Å². The fourth-order valence-corrected chi connectivity index (χ4v) is 3.30. The van der Waals surface area contributed by atoms with Crippen LogP contribution in [-0.4, -0.2) is 29.6 Å². The van der Waals surface area contributed by atoms with Crippen molar-refractivity contribution in [3.8, 4) is 0 Å². The van der Waals surface area contributed by atoms with E-state index in [2.05, 4.69) is 4.98 Å². The largest absolute Gasteiger partial charge is 0.358 e. The number of hydrogen-bond acceptors (Lipinski definition) is 4. The molecule has 0 saturated heterocycles. The van der Waals surface area contributed by atoms with Crippen molar-refractivity contribution in [1.82, 2.24) is 4.98 Å². The van der Waals surface area contributed by atoms with Crippen LogP contribution in [-0.2, 0) is 22.6 Å². The summed E-state index contributed by atoms with van der Waals surface area (Å²) in [7, 11) is -8.95. The molecule has 11 heteroatoms. The normalized spacial score (nSPS) is 13.7. The number of hydrogen-bond donors (Lipinski definition) is 5. The van der Waals surface area contributed by atoms with E-state index in [1.165, 1.54) is 24.0 Å². The highest BCUT2D eigenvalue weighted by Gasteiger charge is 2.59. The van der Waals surface area contributed by atoms with Crippen LogP contribution in [0.1, 0.15) is 5.82 Å². The van der Waals surface area contributed by atoms with Crippen molar-refractivity contribution in [2.45, 2.75) is 11.4 Å². The Morgan fingerprint density at radius 1 is 1.33 bits per heavy atom. The van der Waals surface area contributed by atoms with Crippen molar-refractivity contribution in [3.05, 3.63) is 24.3 Å². The first-order valence-electron chi connectivity index (χ1n) is 4.69. The summed E-state index contributed by atoms with van der Waals surface area (Å²) in [5.74, 6) is 0.0478. The molecule has 0 spiro atoms. The van der Waals surface area contributed by atoms with E-state index < -0.39 is 26.6 Å². The van der Waals surface area contributed by atoms with Crippen molar-refractivity contribution < 1.29 is 33.3 Å². The van der Waals surface area contributed by atoms with Gasteiger partial charge in [0.25, 0.3) is 0 Å². The molecule has 6 N–H and O–H groups in total. The molecular weight excluding hydrogens is 284 g/mol. The zero-order valence-corrected chi connectivity index (χ0v) is 11.2. The lowest BCUT2D eigenvalue weighted by molar-refractivity contribution is -0.682. The average molecular weight is 298 g/mol. The van der Waals surface area contributed by atoms with Gasteiger partial charge in [0, 0.05) is 6.07 Å². The van der Waals surface area contributed by atoms with Crippen LogP contribution in [0.15, 0.2) is 18.5 Å². The van der Waals surface area contributed by atoms with Crippen molar-refractivity contribution in [2.75, 3.05) is 0 Å². The molecule has 0 aliphatic carbocycles. The molecule has 18 heavy (non-hydrogen) atoms. The third-order valence-corrected chi connectivity index (χ3v) is 6.35. The van der Waals surface area contributed by atoms with Crippen molar-refractivity contribution in [3.63, 3.8) is 0 Å². The summed E-state index contributed by atoms with van der Waals surface area (Å²) in [5.41, 5.74) is 5.27. The average Bonchev–Trinajstić information content (AvgIpc) is 2.18. The molecule has 1 rings (SSSR count). The first kappa shape index (κ1) is 15.4. The summed E-state index contributed by atoms with van der Waals surface area (Å²) in [4.78, 5) is 40.1. The Hall–Kier alpha value is -0.660. The van der Waals surface area contributed by atoms with Gasteiger partial charge in [-0.15, -0.1) is 0 Å². The molecule has 1 aromatic rings. The highest BCUT2D eigenvalue weighted by Crippen LogP contribution is 2.66. The minimum Gasteiger partial charge on any atom is -0.323 e. The first-order valence-corrected chi connectivity index (χ1v) is 7.91. The number of nitrogens with zero attached hydrogens (tertiary/aromatic N) is 2. The standard InChI is InChI=1S/C7H13N3O6P2/c1-10-4-2-3-9-6(10)5-7(8,17(11,12)13)18(14,15)16/h2-4H,5,8H2,1H3,(H3-,11,12,13,14,15,16)/p+1. The van der Waals surface area contributed by atoms with Crippen LogP contribution >= 0.6 is 15.2 Å². The molecule has 0 aromatic carbocycles. The minimum atomic E-state index is -5.23. The molecule has 0 fully saturated rings. The molecule has 0 aliphatic heterocycles. The third-order valence-electron chi connectivity index (χ3n) is 2.45. The summed E-state index contributed by atoms with van der Waals surface area (Å²) in [5, 5.41) is -2.98. The Morgan fingerprint density at radius 2 is 1.83 bits per heavy atom. The van der Waals surface area contributed by atoms with Crippen molar-refractivity contribution in [2.24, 2.45) is 12.8 Å². The SMILES string of the molecule is C[n+]1cccnc1CC(N)(P(=O)(O)O)P(=O)(O)O. The van der Waals surface area contributed by atoms with E-state index in [0.717, 1.165) is 0 Å². The monoisotopic (exact) mass is 298 g/mol. The summed E-state index contributed by atoms with van der Waals surface area (Å²) in [6, 6.07) is 1.55. The quantitative estimate of drug-likeness (QED) is 0.329. The molecule has 0 bridgehead atoms. The Bertz CT molecular complexity index is 516. The molecule has 1 heterocycles. The predicted octanol–water partition coefficient (Wildman–Crippen LogP) is -1.58. The highest BCUT2D eigenvalue weighted by molar-refractivity contribution is 7.72. The number of aromatic nitrogens is 2. The van der Waals surface area contributed by atoms with Crippen LogP contribution in [0, 0.1) is 0 Å². The van der Waals surface area contributed by atoms with Crippen LogP contribution < -0.4 is 10.3 Å². The second kappa shape index (κ2) is 4.79. The van der Waals surface area contributed by atoms with E-state index in [-0.39, 0.29) is 5.82 Å². The maximum absolute atomic E-state index is 11.3. The minimum absolute atomic E-state index is 0.0478. The van der Waals surface area contributed by atoms with Crippen LogP contribution in [0.4, 0.5) is 0 Å². The predicted molar refractivity (Wildman–Crippen MR) is 60.1 cm³/mol. The molecule has 0 amide bonds. The summed E-state index contributed by atoms with van der Waals surface area (Å²) in [6.07, 6.45) is 2.09. The summed E-state index contributed by atoms with van der Waals surface area (Å²) < 4.78 is 23.9. The summed E-state index contributed by atoms with van der Waals surface area (Å²) >= 11 is 0. The van der Waals surface area contributed by atoms with E-state index in [0.29, 0.717) is 0 Å². The zero-order chi connectivity index (χ0) is 14.2. The van der Waals surface area contributed by atoms with Crippen molar-refractivity contribution >= 4 is 15.2 Å². The number of rotatable bonds is 4. The second-order valence-electron chi connectivity index (χ2n) is 3.79. The van der Waals surface area contributed by atoms with E-state index in [1.54, 1.807) is 6.07 Å². The van der Waals surface area contributed by atoms with E-state index in [9.17, 15) is 9.13 Å². The molecule has 102 valence electrons. The molecule has 0 aliphatic rings. The molecular formula is C7H14N3O6P2+. The lowest BCUT2D eigenvalue weighted by atomic mass is 10.4. The fourth-order valence-electron chi connectivity index (χ4n) is 1.25. The third kappa shape index (κ3) is 2.84. The van der Waals surface area contributed by atoms with Gasteiger partial charge in [-0.3, -0.25) is 9.13 Å². The van der Waals surface area contributed by atoms with E-state index >= 15 is 0 Å². The van der Waals surface area contributed by atoms with Gasteiger partial charge in [0.05, 0.1) is 19.7 Å². The van der Waals surface area contributed by atoms with Crippen LogP contribution in [0.2, 0.25) is 0 Å². The molecule has 1 aromatic heterocycles. The Labute approximate surface area is 103 Å². The van der Waals surface area contributed by atoms with Crippen molar-refractivity contribution in [1.29, 1.82) is 0 Å². The number of nitrogens with two attached hydrogens (primary N) is 1. The van der Waals surface area contributed by atoms with Crippen LogP contribution in [0.5, 0.6) is 0 Å². The van der Waals surface area contributed by atoms with Gasteiger partial charge in [0.1, 0.15) is 6.20 Å². The van der Waals surface area contributed by atoms with E-state index in [1.807, 2.05) is 0 Å². The maximum atomic E-state index is 11.3. The van der Waals surface area contributed by atoms with Gasteiger partial charge in [0.2, 0.25) is 5.02 Å². The maximum Gasteiger partial charge on any atom is 0.358 e. The Balaban J connectivity index is 3.30. The van der Waals surface area contributed by atoms with Gasteiger partial charge in [-0.25, -0.2) is 4.57 Å². The molecule has 0 saturated carbocycles. The Morgan fingerprint density at radius 3 is 2.22 bits per heavy atom. The second-order valence-corrected chi connectivity index (χ2v) is 7.92. The molecule has 9 nitrogen and oxygen atoms in total. The smallest absolute Gasteiger partial charge is 0.323 e. The lowest BCUT2D eigenvalue weighted by Gasteiger charge is -2.28. The molecule has 0 atom stereocenters. The summed E-state index contributed by atoms with van der Waals surface area (Å²) in [6.45, 7) is 0. The first-order chi connectivity index (χ1) is 7.99. The number of aryl methyl sites for hydroxylation is 1. The molecule has 0 unspecified atom stereocenters. The lowest BCUT2D eigenvalue weighted by Crippen LogP contribution is -2.46. The van der Waals surface area contributed by atoms with Gasteiger partial charge in [-0.05, 0) is 0 Å². The van der Waals surface area contributed by atoms with Gasteiger partial charge < -0.3 is 25.3 Å². The zero-order valence-electron chi connectivity index (χ0n) is 9.41. The van der Waals surface area contributed by atoms with Gasteiger partial charge in [-0.2, -0.15) is 0 Å². The fraction of sp³-hybridized carbons (Fsp3) is 0.429. The van der Waals surface area contributed by atoms with Gasteiger partial charge >= 0.3 is 21.0 Å². The molecule has 0 radical (unpaired) electrons. The topological polar surface area (TPSA) is 158 Å². The van der Waals surface area contributed by atoms with Gasteiger partial charge in [-0.1, -0.05) is 4.98 Å². The van der Waals surface area contributed by atoms with Gasteiger partial charge in [0.15, 0.2) is 0 Å².